The van der Waals surface area contributed by atoms with Crippen molar-refractivity contribution < 1.29 is 14.3 Å². The third-order valence-electron chi connectivity index (χ3n) is 0.543. The van der Waals surface area contributed by atoms with Crippen LogP contribution in [0.1, 0.15) is 0 Å². The van der Waals surface area contributed by atoms with E-state index in [0.717, 1.165) is 12.3 Å². The maximum Gasteiger partial charge on any atom is 0.335 e. The summed E-state index contributed by atoms with van der Waals surface area (Å²) in [7, 11) is 1.46. The molecular weight excluding hydrogens is 120 g/mol. The molecule has 0 N–H and O–H groups in total. The van der Waals surface area contributed by atoms with Crippen LogP contribution in [0.25, 0.3) is 0 Å². The van der Waals surface area contributed by atoms with Gasteiger partial charge in [0.1, 0.15) is 12.5 Å². The van der Waals surface area contributed by atoms with Gasteiger partial charge >= 0.3 is 5.97 Å². The molecule has 0 aliphatic rings. The average Bonchev–Trinajstić information content (AvgIpc) is 1.89. The van der Waals surface area contributed by atoms with Crippen molar-refractivity contribution in [2.75, 3.05) is 7.11 Å². The Kier molecular flexibility index (Phi) is 4.22. The zero-order valence-corrected chi connectivity index (χ0v) is 5.16. The van der Waals surface area contributed by atoms with Crippen LogP contribution in [-0.4, -0.2) is 13.1 Å². The lowest BCUT2D eigenvalue weighted by Crippen LogP contribution is -1.91. The molecule has 0 aliphatic heterocycles. The summed E-state index contributed by atoms with van der Waals surface area (Å²) < 4.78 is 8.81. The fourth-order valence-corrected chi connectivity index (χ4v) is 0.199. The second-order valence-corrected chi connectivity index (χ2v) is 1.15. The van der Waals surface area contributed by atoms with Crippen molar-refractivity contribution in [1.82, 2.24) is 0 Å². The quantitative estimate of drug-likeness (QED) is 0.321. The van der Waals surface area contributed by atoms with Crippen LogP contribution in [0, 0.1) is 0 Å². The molecule has 3 heteroatoms. The van der Waals surface area contributed by atoms with Gasteiger partial charge in [0, 0.05) is 6.08 Å². The van der Waals surface area contributed by atoms with Crippen LogP contribution in [0.3, 0.4) is 0 Å². The van der Waals surface area contributed by atoms with Gasteiger partial charge in [-0.1, -0.05) is 6.58 Å². The molecule has 0 aromatic carbocycles. The number of carbonyl (C=O) groups is 1. The van der Waals surface area contributed by atoms with E-state index >= 15 is 0 Å². The van der Waals surface area contributed by atoms with Crippen molar-refractivity contribution >= 4 is 5.97 Å². The third-order valence-corrected chi connectivity index (χ3v) is 0.543. The van der Waals surface area contributed by atoms with Crippen LogP contribution in [0.4, 0.5) is 0 Å². The molecule has 3 nitrogen and oxygen atoms in total. The highest BCUT2D eigenvalue weighted by Crippen LogP contribution is 1.80. The Morgan fingerprint density at radius 2 is 2.22 bits per heavy atom. The third kappa shape index (κ3) is 4.61. The van der Waals surface area contributed by atoms with E-state index in [1.165, 1.54) is 13.4 Å². The standard InChI is InChI=1S/C6H8O3/c1-3-6(7)9-5-4-8-2/h3-5H,1H2,2H3/b5-4+. The molecule has 0 radical (unpaired) electrons. The lowest BCUT2D eigenvalue weighted by Gasteiger charge is -1.89. The summed E-state index contributed by atoms with van der Waals surface area (Å²) in [4.78, 5) is 10.2. The highest BCUT2D eigenvalue weighted by molar-refractivity contribution is 5.81. The van der Waals surface area contributed by atoms with Crippen molar-refractivity contribution in [3.05, 3.63) is 25.2 Å². The number of hydrogen-bond donors (Lipinski definition) is 0. The van der Waals surface area contributed by atoms with Gasteiger partial charge in [0.2, 0.25) is 0 Å². The van der Waals surface area contributed by atoms with Crippen LogP contribution < -0.4 is 0 Å². The predicted octanol–water partition coefficient (Wildman–Crippen LogP) is 0.833. The SMILES string of the molecule is C=CC(=O)O/C=C/OC. The van der Waals surface area contributed by atoms with Gasteiger partial charge in [-0.25, -0.2) is 4.79 Å². The minimum atomic E-state index is -0.497. The minimum absolute atomic E-state index is 0.497. The van der Waals surface area contributed by atoms with Gasteiger partial charge in [-0.2, -0.15) is 0 Å². The Labute approximate surface area is 53.6 Å². The Morgan fingerprint density at radius 3 is 2.67 bits per heavy atom. The van der Waals surface area contributed by atoms with E-state index in [2.05, 4.69) is 16.1 Å². The summed E-state index contributed by atoms with van der Waals surface area (Å²) >= 11 is 0. The van der Waals surface area contributed by atoms with Crippen LogP contribution in [-0.2, 0) is 14.3 Å². The lowest BCUT2D eigenvalue weighted by molar-refractivity contribution is -0.132. The Balaban J connectivity index is 3.37. The molecule has 0 amide bonds. The van der Waals surface area contributed by atoms with Crippen molar-refractivity contribution in [2.45, 2.75) is 0 Å². The van der Waals surface area contributed by atoms with Crippen molar-refractivity contribution in [1.29, 1.82) is 0 Å². The van der Waals surface area contributed by atoms with Gasteiger partial charge in [0.25, 0.3) is 0 Å². The second kappa shape index (κ2) is 4.90. The Hall–Kier alpha value is -1.25. The topological polar surface area (TPSA) is 35.5 Å². The van der Waals surface area contributed by atoms with Crippen molar-refractivity contribution in [3.8, 4) is 0 Å². The van der Waals surface area contributed by atoms with Crippen molar-refractivity contribution in [3.63, 3.8) is 0 Å². The maximum absolute atomic E-state index is 10.2. The largest absolute Gasteiger partial charge is 0.501 e. The number of ether oxygens (including phenoxy) is 2. The molecule has 0 spiro atoms. The molecule has 0 saturated heterocycles. The highest BCUT2D eigenvalue weighted by Gasteiger charge is 1.86. The summed E-state index contributed by atoms with van der Waals surface area (Å²) in [6, 6.07) is 0. The van der Waals surface area contributed by atoms with Crippen LogP contribution in [0.5, 0.6) is 0 Å². The Morgan fingerprint density at radius 1 is 1.56 bits per heavy atom. The van der Waals surface area contributed by atoms with Gasteiger partial charge in [-0.3, -0.25) is 0 Å². The van der Waals surface area contributed by atoms with Crippen LogP contribution >= 0.6 is 0 Å². The van der Waals surface area contributed by atoms with E-state index < -0.39 is 5.97 Å². The van der Waals surface area contributed by atoms with Gasteiger partial charge in [-0.05, 0) is 0 Å². The first-order valence-electron chi connectivity index (χ1n) is 2.32. The maximum atomic E-state index is 10.2. The average molecular weight is 128 g/mol. The molecule has 0 aliphatic carbocycles. The summed E-state index contributed by atoms with van der Waals surface area (Å²) in [6.45, 7) is 3.19. The molecule has 0 fully saturated rings. The van der Waals surface area contributed by atoms with Gasteiger partial charge in [0.05, 0.1) is 7.11 Å². The zero-order valence-electron chi connectivity index (χ0n) is 5.16. The van der Waals surface area contributed by atoms with Crippen LogP contribution in [0.15, 0.2) is 25.2 Å². The zero-order chi connectivity index (χ0) is 7.11. The fourth-order valence-electron chi connectivity index (χ4n) is 0.199. The number of rotatable bonds is 3. The van der Waals surface area contributed by atoms with E-state index in [1.54, 1.807) is 0 Å². The first-order valence-corrected chi connectivity index (χ1v) is 2.32. The number of carbonyl (C=O) groups excluding carboxylic acids is 1. The highest BCUT2D eigenvalue weighted by atomic mass is 16.5. The summed E-state index contributed by atoms with van der Waals surface area (Å²) in [5, 5.41) is 0. The van der Waals surface area contributed by atoms with Gasteiger partial charge in [0.15, 0.2) is 0 Å². The molecule has 0 bridgehead atoms. The monoisotopic (exact) mass is 128 g/mol. The lowest BCUT2D eigenvalue weighted by atomic mass is 10.7. The first kappa shape index (κ1) is 7.75. The molecular formula is C6H8O3. The fraction of sp³-hybridized carbons (Fsp3) is 0.167. The van der Waals surface area contributed by atoms with Gasteiger partial charge < -0.3 is 9.47 Å². The Bertz CT molecular complexity index is 126. The van der Waals surface area contributed by atoms with E-state index in [0.29, 0.717) is 0 Å². The predicted molar refractivity (Wildman–Crippen MR) is 32.4 cm³/mol. The van der Waals surface area contributed by atoms with E-state index in [-0.39, 0.29) is 0 Å². The molecule has 0 atom stereocenters. The van der Waals surface area contributed by atoms with E-state index in [4.69, 9.17) is 0 Å². The number of methoxy groups -OCH3 is 1. The van der Waals surface area contributed by atoms with Gasteiger partial charge in [-0.15, -0.1) is 0 Å². The molecule has 50 valence electrons. The minimum Gasteiger partial charge on any atom is -0.501 e. The van der Waals surface area contributed by atoms with Crippen LogP contribution in [0.2, 0.25) is 0 Å². The molecule has 0 aromatic heterocycles. The second-order valence-electron chi connectivity index (χ2n) is 1.15. The summed E-state index contributed by atoms with van der Waals surface area (Å²) in [6.07, 6.45) is 3.46. The smallest absolute Gasteiger partial charge is 0.335 e. The number of hydrogen-bond acceptors (Lipinski definition) is 3. The number of esters is 1. The van der Waals surface area contributed by atoms with E-state index in [1.807, 2.05) is 0 Å². The summed E-state index contributed by atoms with van der Waals surface area (Å²) in [5.74, 6) is -0.497. The van der Waals surface area contributed by atoms with Crippen molar-refractivity contribution in [2.24, 2.45) is 0 Å². The molecule has 9 heavy (non-hydrogen) atoms. The normalized spacial score (nSPS) is 9.00. The molecule has 0 saturated carbocycles. The molecule has 0 heterocycles. The molecule has 0 unspecified atom stereocenters. The van der Waals surface area contributed by atoms with E-state index in [9.17, 15) is 4.79 Å². The summed E-state index contributed by atoms with van der Waals surface area (Å²) in [5.41, 5.74) is 0. The first-order chi connectivity index (χ1) is 4.31. The molecule has 0 aromatic rings. The molecule has 0 rings (SSSR count).